The summed E-state index contributed by atoms with van der Waals surface area (Å²) in [5.74, 6) is 0.640. The number of ketones is 1. The molecule has 0 aliphatic heterocycles. The van der Waals surface area contributed by atoms with E-state index in [1.54, 1.807) is 19.2 Å². The first-order chi connectivity index (χ1) is 11.5. The summed E-state index contributed by atoms with van der Waals surface area (Å²) in [6.07, 6.45) is 0. The van der Waals surface area contributed by atoms with Crippen molar-refractivity contribution < 1.29 is 19.1 Å². The van der Waals surface area contributed by atoms with Gasteiger partial charge in [-0.2, -0.15) is 0 Å². The summed E-state index contributed by atoms with van der Waals surface area (Å²) in [5.41, 5.74) is 1.30. The van der Waals surface area contributed by atoms with E-state index in [9.17, 15) is 9.59 Å². The molecule has 2 rings (SSSR count). The van der Waals surface area contributed by atoms with E-state index < -0.39 is 0 Å². The number of rotatable bonds is 7. The fourth-order valence-corrected chi connectivity index (χ4v) is 2.21. The van der Waals surface area contributed by atoms with Crippen molar-refractivity contribution in [3.05, 3.63) is 58.6 Å². The van der Waals surface area contributed by atoms with E-state index in [0.29, 0.717) is 22.9 Å². The SMILES string of the molecule is COc1ccc(CNC(=O)COc2ccc(Cl)cc2C(C)=O)cc1. The molecule has 0 aliphatic carbocycles. The summed E-state index contributed by atoms with van der Waals surface area (Å²) < 4.78 is 10.5. The summed E-state index contributed by atoms with van der Waals surface area (Å²) in [6.45, 7) is 1.62. The zero-order chi connectivity index (χ0) is 17.5. The number of Topliss-reactive ketones (excluding diaryl/α,β-unsaturated/α-hetero) is 1. The van der Waals surface area contributed by atoms with Crippen LogP contribution in [0.4, 0.5) is 0 Å². The maximum absolute atomic E-state index is 11.9. The van der Waals surface area contributed by atoms with Crippen LogP contribution in [0.3, 0.4) is 0 Å². The number of benzene rings is 2. The number of ether oxygens (including phenoxy) is 2. The smallest absolute Gasteiger partial charge is 0.258 e. The number of hydrogen-bond donors (Lipinski definition) is 1. The first-order valence-electron chi connectivity index (χ1n) is 7.32. The zero-order valence-electron chi connectivity index (χ0n) is 13.5. The Morgan fingerprint density at radius 3 is 2.46 bits per heavy atom. The molecule has 0 saturated heterocycles. The van der Waals surface area contributed by atoms with Gasteiger partial charge in [0.2, 0.25) is 0 Å². The van der Waals surface area contributed by atoms with Crippen LogP contribution in [0.2, 0.25) is 5.02 Å². The van der Waals surface area contributed by atoms with Crippen molar-refractivity contribution in [2.45, 2.75) is 13.5 Å². The predicted molar refractivity (Wildman–Crippen MR) is 91.8 cm³/mol. The van der Waals surface area contributed by atoms with Crippen LogP contribution in [0.15, 0.2) is 42.5 Å². The van der Waals surface area contributed by atoms with Gasteiger partial charge in [-0.25, -0.2) is 0 Å². The van der Waals surface area contributed by atoms with Crippen LogP contribution in [0.25, 0.3) is 0 Å². The van der Waals surface area contributed by atoms with Crippen LogP contribution >= 0.6 is 11.6 Å². The van der Waals surface area contributed by atoms with Gasteiger partial charge in [-0.1, -0.05) is 23.7 Å². The lowest BCUT2D eigenvalue weighted by molar-refractivity contribution is -0.123. The molecule has 2 aromatic rings. The molecule has 0 bridgehead atoms. The normalized spacial score (nSPS) is 10.1. The maximum Gasteiger partial charge on any atom is 0.258 e. The number of halogens is 1. The Hall–Kier alpha value is -2.53. The lowest BCUT2D eigenvalue weighted by Gasteiger charge is -2.11. The van der Waals surface area contributed by atoms with Crippen LogP contribution in [0, 0.1) is 0 Å². The van der Waals surface area contributed by atoms with Gasteiger partial charge in [0.25, 0.3) is 5.91 Å². The first-order valence-corrected chi connectivity index (χ1v) is 7.70. The van der Waals surface area contributed by atoms with E-state index >= 15 is 0 Å². The quantitative estimate of drug-likeness (QED) is 0.781. The molecule has 1 N–H and O–H groups in total. The molecule has 0 saturated carbocycles. The minimum Gasteiger partial charge on any atom is -0.497 e. The molecule has 126 valence electrons. The van der Waals surface area contributed by atoms with Crippen LogP contribution in [-0.4, -0.2) is 25.4 Å². The second kappa shape index (κ2) is 8.36. The van der Waals surface area contributed by atoms with Gasteiger partial charge in [0, 0.05) is 11.6 Å². The largest absolute Gasteiger partial charge is 0.497 e. The average molecular weight is 348 g/mol. The van der Waals surface area contributed by atoms with E-state index in [0.717, 1.165) is 11.3 Å². The molecular formula is C18H18ClNO4. The summed E-state index contributed by atoms with van der Waals surface area (Å²) >= 11 is 5.87. The summed E-state index contributed by atoms with van der Waals surface area (Å²) in [5, 5.41) is 3.19. The predicted octanol–water partition coefficient (Wildman–Crippen LogP) is 3.25. The number of carbonyl (C=O) groups is 2. The van der Waals surface area contributed by atoms with Crippen LogP contribution in [-0.2, 0) is 11.3 Å². The maximum atomic E-state index is 11.9. The standard InChI is InChI=1S/C18H18ClNO4/c1-12(21)16-9-14(19)5-8-17(16)24-11-18(22)20-10-13-3-6-15(23-2)7-4-13/h3-9H,10-11H2,1-2H3,(H,20,22). The number of carbonyl (C=O) groups excluding carboxylic acids is 2. The molecule has 2 aromatic carbocycles. The van der Waals surface area contributed by atoms with Crippen LogP contribution < -0.4 is 14.8 Å². The Morgan fingerprint density at radius 1 is 1.12 bits per heavy atom. The third-order valence-corrected chi connectivity index (χ3v) is 3.56. The van der Waals surface area contributed by atoms with Crippen molar-refractivity contribution in [2.75, 3.05) is 13.7 Å². The highest BCUT2D eigenvalue weighted by molar-refractivity contribution is 6.31. The van der Waals surface area contributed by atoms with E-state index in [1.165, 1.54) is 13.0 Å². The van der Waals surface area contributed by atoms with Crippen molar-refractivity contribution in [3.63, 3.8) is 0 Å². The van der Waals surface area contributed by atoms with Gasteiger partial charge >= 0.3 is 0 Å². The van der Waals surface area contributed by atoms with Crippen molar-refractivity contribution in [1.82, 2.24) is 5.32 Å². The minimum absolute atomic E-state index is 0.175. The lowest BCUT2D eigenvalue weighted by Crippen LogP contribution is -2.28. The minimum atomic E-state index is -0.282. The van der Waals surface area contributed by atoms with E-state index in [4.69, 9.17) is 21.1 Å². The Labute approximate surface area is 145 Å². The molecular weight excluding hydrogens is 330 g/mol. The van der Waals surface area contributed by atoms with Gasteiger partial charge in [-0.3, -0.25) is 9.59 Å². The number of methoxy groups -OCH3 is 1. The molecule has 0 aliphatic rings. The molecule has 0 atom stereocenters. The van der Waals surface area contributed by atoms with Gasteiger partial charge in [0.15, 0.2) is 12.4 Å². The monoisotopic (exact) mass is 347 g/mol. The molecule has 5 nitrogen and oxygen atoms in total. The molecule has 1 amide bonds. The molecule has 0 spiro atoms. The number of amides is 1. The molecule has 6 heteroatoms. The third kappa shape index (κ3) is 4.99. The first kappa shape index (κ1) is 17.8. The van der Waals surface area contributed by atoms with Gasteiger partial charge in [0.1, 0.15) is 11.5 Å². The highest BCUT2D eigenvalue weighted by Gasteiger charge is 2.11. The molecule has 24 heavy (non-hydrogen) atoms. The van der Waals surface area contributed by atoms with Crippen molar-refractivity contribution in [1.29, 1.82) is 0 Å². The molecule has 0 fully saturated rings. The fraction of sp³-hybridized carbons (Fsp3) is 0.222. The van der Waals surface area contributed by atoms with Crippen LogP contribution in [0.5, 0.6) is 11.5 Å². The molecule has 0 radical (unpaired) electrons. The summed E-state index contributed by atoms with van der Waals surface area (Å²) in [7, 11) is 1.60. The van der Waals surface area contributed by atoms with E-state index in [-0.39, 0.29) is 18.3 Å². The van der Waals surface area contributed by atoms with Crippen molar-refractivity contribution in [2.24, 2.45) is 0 Å². The topological polar surface area (TPSA) is 64.6 Å². The summed E-state index contributed by atoms with van der Waals surface area (Å²) in [4.78, 5) is 23.5. The highest BCUT2D eigenvalue weighted by atomic mass is 35.5. The van der Waals surface area contributed by atoms with Crippen molar-refractivity contribution in [3.8, 4) is 11.5 Å². The van der Waals surface area contributed by atoms with Gasteiger partial charge in [-0.05, 0) is 42.8 Å². The molecule has 0 aromatic heterocycles. The zero-order valence-corrected chi connectivity index (χ0v) is 14.2. The van der Waals surface area contributed by atoms with E-state index in [1.807, 2.05) is 24.3 Å². The summed E-state index contributed by atoms with van der Waals surface area (Å²) in [6, 6.07) is 12.1. The Kier molecular flexibility index (Phi) is 6.21. The average Bonchev–Trinajstić information content (AvgIpc) is 2.59. The van der Waals surface area contributed by atoms with Gasteiger partial charge in [-0.15, -0.1) is 0 Å². The lowest BCUT2D eigenvalue weighted by atomic mass is 10.1. The third-order valence-electron chi connectivity index (χ3n) is 3.33. The van der Waals surface area contributed by atoms with Gasteiger partial charge in [0.05, 0.1) is 12.7 Å². The van der Waals surface area contributed by atoms with Crippen LogP contribution in [0.1, 0.15) is 22.8 Å². The molecule has 0 heterocycles. The Balaban J connectivity index is 1.88. The fourth-order valence-electron chi connectivity index (χ4n) is 2.04. The van der Waals surface area contributed by atoms with E-state index in [2.05, 4.69) is 5.32 Å². The van der Waals surface area contributed by atoms with Crippen molar-refractivity contribution >= 4 is 23.3 Å². The Morgan fingerprint density at radius 2 is 1.83 bits per heavy atom. The second-order valence-corrected chi connectivity index (χ2v) is 5.55. The highest BCUT2D eigenvalue weighted by Crippen LogP contribution is 2.23. The van der Waals surface area contributed by atoms with Gasteiger partial charge < -0.3 is 14.8 Å². The second-order valence-electron chi connectivity index (χ2n) is 5.11. The number of hydrogen-bond acceptors (Lipinski definition) is 4. The molecule has 0 unspecified atom stereocenters. The number of nitrogens with one attached hydrogen (secondary N) is 1. The Bertz CT molecular complexity index is 728.